The van der Waals surface area contributed by atoms with Crippen LogP contribution in [0.15, 0.2) is 46.8 Å². The van der Waals surface area contributed by atoms with Gasteiger partial charge in [0.15, 0.2) is 5.96 Å². The van der Waals surface area contributed by atoms with Gasteiger partial charge >= 0.3 is 0 Å². The fourth-order valence-electron chi connectivity index (χ4n) is 3.53. The summed E-state index contributed by atoms with van der Waals surface area (Å²) < 4.78 is 5.38. The van der Waals surface area contributed by atoms with Gasteiger partial charge in [0.1, 0.15) is 12.3 Å². The lowest BCUT2D eigenvalue weighted by molar-refractivity contribution is -0.127. The van der Waals surface area contributed by atoms with Gasteiger partial charge in [-0.25, -0.2) is 4.99 Å². The first kappa shape index (κ1) is 22.9. The van der Waals surface area contributed by atoms with Gasteiger partial charge in [-0.15, -0.1) is 11.3 Å². The third kappa shape index (κ3) is 7.17. The molecule has 31 heavy (non-hydrogen) atoms. The van der Waals surface area contributed by atoms with E-state index in [-0.39, 0.29) is 18.5 Å². The summed E-state index contributed by atoms with van der Waals surface area (Å²) in [6.07, 6.45) is 3.09. The molecule has 1 unspecified atom stereocenters. The Morgan fingerprint density at radius 2 is 2.19 bits per heavy atom. The molecule has 2 heterocycles. The zero-order chi connectivity index (χ0) is 22.1. The summed E-state index contributed by atoms with van der Waals surface area (Å²) in [4.78, 5) is 21.9. The first-order valence-electron chi connectivity index (χ1n) is 10.7. The molecule has 2 N–H and O–H groups in total. The minimum Gasteiger partial charge on any atom is -0.497 e. The number of methoxy groups -OCH3 is 1. The van der Waals surface area contributed by atoms with Crippen LogP contribution in [-0.4, -0.2) is 70.2 Å². The molecule has 168 valence electrons. The van der Waals surface area contributed by atoms with E-state index in [4.69, 9.17) is 4.74 Å². The number of likely N-dealkylation sites (N-methyl/N-ethyl adjacent to an activating group) is 1. The van der Waals surface area contributed by atoms with Gasteiger partial charge in [0.05, 0.1) is 7.11 Å². The van der Waals surface area contributed by atoms with Crippen LogP contribution in [0.1, 0.15) is 17.7 Å². The molecule has 1 amide bonds. The normalized spacial score (nSPS) is 16.7. The number of thiophene rings is 1. The van der Waals surface area contributed by atoms with E-state index >= 15 is 0 Å². The van der Waals surface area contributed by atoms with Gasteiger partial charge < -0.3 is 25.2 Å². The Morgan fingerprint density at radius 3 is 2.94 bits per heavy atom. The van der Waals surface area contributed by atoms with Crippen LogP contribution in [0.2, 0.25) is 0 Å². The number of aliphatic imine (C=N–C) groups is 1. The predicted octanol–water partition coefficient (Wildman–Crippen LogP) is 2.59. The summed E-state index contributed by atoms with van der Waals surface area (Å²) in [5.74, 6) is 1.55. The molecule has 7 nitrogen and oxygen atoms in total. The van der Waals surface area contributed by atoms with Crippen molar-refractivity contribution in [2.75, 3.05) is 52.3 Å². The number of hydrogen-bond acceptors (Lipinski definition) is 5. The van der Waals surface area contributed by atoms with Crippen molar-refractivity contribution in [2.24, 2.45) is 4.99 Å². The fraction of sp³-hybridized carbons (Fsp3) is 0.478. The second-order valence-corrected chi connectivity index (χ2v) is 8.87. The number of carbonyl (C=O) groups excluding carboxylic acids is 1. The Hall–Kier alpha value is -2.74. The lowest BCUT2D eigenvalue weighted by atomic mass is 10.0. The molecule has 0 radical (unpaired) electrons. The van der Waals surface area contributed by atoms with Crippen molar-refractivity contribution >= 4 is 28.9 Å². The van der Waals surface area contributed by atoms with Gasteiger partial charge in [-0.1, -0.05) is 12.1 Å². The molecule has 0 saturated carbocycles. The molecular weight excluding hydrogens is 410 g/mol. The first-order valence-corrected chi connectivity index (χ1v) is 11.6. The molecule has 1 aliphatic rings. The van der Waals surface area contributed by atoms with Gasteiger partial charge in [0.25, 0.3) is 0 Å². The maximum atomic E-state index is 12.0. The molecule has 8 heteroatoms. The van der Waals surface area contributed by atoms with Gasteiger partial charge in [-0.05, 0) is 42.8 Å². The van der Waals surface area contributed by atoms with Crippen LogP contribution in [0, 0.1) is 0 Å². The zero-order valence-corrected chi connectivity index (χ0v) is 19.5. The monoisotopic (exact) mass is 443 g/mol. The average molecular weight is 444 g/mol. The third-order valence-electron chi connectivity index (χ3n) is 5.30. The van der Waals surface area contributed by atoms with Crippen LogP contribution in [0.25, 0.3) is 0 Å². The Labute approximate surface area is 189 Å². The second-order valence-electron chi connectivity index (χ2n) is 7.84. The molecule has 1 aromatic carbocycles. The van der Waals surface area contributed by atoms with Crippen LogP contribution in [0.5, 0.6) is 5.75 Å². The highest BCUT2D eigenvalue weighted by Crippen LogP contribution is 2.24. The van der Waals surface area contributed by atoms with Gasteiger partial charge in [0.2, 0.25) is 5.91 Å². The smallest absolute Gasteiger partial charge is 0.243 e. The SMILES string of the molecule is COc1cccc(N2CCCC(NC(=NCC(=O)N(C)C)NCCc3cccs3)C2)c1. The highest BCUT2D eigenvalue weighted by Gasteiger charge is 2.21. The van der Waals surface area contributed by atoms with Gasteiger partial charge in [0, 0.05) is 56.4 Å². The van der Waals surface area contributed by atoms with E-state index in [1.807, 2.05) is 12.1 Å². The summed E-state index contributed by atoms with van der Waals surface area (Å²) in [7, 11) is 5.20. The number of ether oxygens (including phenoxy) is 1. The highest BCUT2D eigenvalue weighted by atomic mass is 32.1. The number of guanidine groups is 1. The van der Waals surface area contributed by atoms with E-state index in [2.05, 4.69) is 50.2 Å². The van der Waals surface area contributed by atoms with E-state index in [9.17, 15) is 4.79 Å². The van der Waals surface area contributed by atoms with Crippen LogP contribution in [0.3, 0.4) is 0 Å². The number of piperidine rings is 1. The zero-order valence-electron chi connectivity index (χ0n) is 18.6. The number of amides is 1. The van der Waals surface area contributed by atoms with Gasteiger partial charge in [-0.3, -0.25) is 4.79 Å². The minimum atomic E-state index is -0.0130. The average Bonchev–Trinajstić information content (AvgIpc) is 3.30. The van der Waals surface area contributed by atoms with Crippen molar-refractivity contribution in [3.8, 4) is 5.75 Å². The van der Waals surface area contributed by atoms with E-state index in [0.29, 0.717) is 5.96 Å². The maximum Gasteiger partial charge on any atom is 0.243 e. The molecule has 0 bridgehead atoms. The van der Waals surface area contributed by atoms with E-state index in [1.165, 1.54) is 4.88 Å². The van der Waals surface area contributed by atoms with Crippen molar-refractivity contribution in [3.05, 3.63) is 46.7 Å². The summed E-state index contributed by atoms with van der Waals surface area (Å²) >= 11 is 1.76. The molecular formula is C23H33N5O2S. The molecule has 1 aliphatic heterocycles. The molecule has 1 aromatic heterocycles. The molecule has 0 aliphatic carbocycles. The van der Waals surface area contributed by atoms with Crippen molar-refractivity contribution in [1.29, 1.82) is 0 Å². The Balaban J connectivity index is 1.62. The number of nitrogens with one attached hydrogen (secondary N) is 2. The fourth-order valence-corrected chi connectivity index (χ4v) is 4.24. The third-order valence-corrected chi connectivity index (χ3v) is 6.23. The molecule has 1 atom stereocenters. The Bertz CT molecular complexity index is 853. The van der Waals surface area contributed by atoms with Crippen molar-refractivity contribution in [3.63, 3.8) is 0 Å². The van der Waals surface area contributed by atoms with Crippen LogP contribution < -0.4 is 20.3 Å². The summed E-state index contributed by atoms with van der Waals surface area (Å²) in [5.41, 5.74) is 1.16. The molecule has 3 rings (SSSR count). The summed E-state index contributed by atoms with van der Waals surface area (Å²) in [6, 6.07) is 12.6. The number of nitrogens with zero attached hydrogens (tertiary/aromatic N) is 3. The largest absolute Gasteiger partial charge is 0.497 e. The Morgan fingerprint density at radius 1 is 1.32 bits per heavy atom. The second kappa shape index (κ2) is 11.6. The minimum absolute atomic E-state index is 0.0130. The topological polar surface area (TPSA) is 69.2 Å². The molecule has 1 fully saturated rings. The van der Waals surface area contributed by atoms with Crippen LogP contribution in [0.4, 0.5) is 5.69 Å². The quantitative estimate of drug-likeness (QED) is 0.485. The van der Waals surface area contributed by atoms with E-state index in [0.717, 1.165) is 50.3 Å². The van der Waals surface area contributed by atoms with Crippen molar-refractivity contribution in [1.82, 2.24) is 15.5 Å². The van der Waals surface area contributed by atoms with Crippen LogP contribution in [-0.2, 0) is 11.2 Å². The number of hydrogen-bond donors (Lipinski definition) is 2. The van der Waals surface area contributed by atoms with Crippen LogP contribution >= 0.6 is 11.3 Å². The standard InChI is InChI=1S/C23H33N5O2S/c1-27(2)22(29)16-25-23(24-12-11-21-10-6-14-31-21)26-18-7-5-13-28(17-18)19-8-4-9-20(15-19)30-3/h4,6,8-10,14-15,18H,5,7,11-13,16-17H2,1-3H3,(H2,24,25,26). The highest BCUT2D eigenvalue weighted by molar-refractivity contribution is 7.09. The summed E-state index contributed by atoms with van der Waals surface area (Å²) in [6.45, 7) is 2.80. The number of anilines is 1. The number of carbonyl (C=O) groups is 1. The maximum absolute atomic E-state index is 12.0. The van der Waals surface area contributed by atoms with E-state index in [1.54, 1.807) is 37.4 Å². The van der Waals surface area contributed by atoms with Gasteiger partial charge in [-0.2, -0.15) is 0 Å². The molecule has 2 aromatic rings. The molecule has 1 saturated heterocycles. The number of benzene rings is 1. The predicted molar refractivity (Wildman–Crippen MR) is 128 cm³/mol. The van der Waals surface area contributed by atoms with E-state index < -0.39 is 0 Å². The van der Waals surface area contributed by atoms with Crippen molar-refractivity contribution < 1.29 is 9.53 Å². The Kier molecular flexibility index (Phi) is 8.58. The summed E-state index contributed by atoms with van der Waals surface area (Å²) in [5, 5.41) is 9.06. The number of rotatable bonds is 8. The lowest BCUT2D eigenvalue weighted by Crippen LogP contribution is -2.51. The molecule has 0 spiro atoms. The lowest BCUT2D eigenvalue weighted by Gasteiger charge is -2.35. The first-order chi connectivity index (χ1) is 15.0. The van der Waals surface area contributed by atoms with Crippen molar-refractivity contribution in [2.45, 2.75) is 25.3 Å².